The molecule has 0 N–H and O–H groups in total. The van der Waals surface area contributed by atoms with E-state index in [0.29, 0.717) is 12.6 Å². The number of hydrogen-bond donors (Lipinski definition) is 0. The molecule has 0 amide bonds. The van der Waals surface area contributed by atoms with Gasteiger partial charge in [0.05, 0.1) is 5.92 Å². The van der Waals surface area contributed by atoms with Crippen LogP contribution in [0.25, 0.3) is 0 Å². The highest BCUT2D eigenvalue weighted by molar-refractivity contribution is 7.99. The molecule has 3 nitrogen and oxygen atoms in total. The van der Waals surface area contributed by atoms with E-state index in [1.807, 2.05) is 49.0 Å². The Bertz CT molecular complexity index is 418. The van der Waals surface area contributed by atoms with E-state index in [2.05, 4.69) is 11.9 Å². The second-order valence-electron chi connectivity index (χ2n) is 5.45. The van der Waals surface area contributed by atoms with Gasteiger partial charge in [-0.15, -0.1) is 0 Å². The molecule has 1 aliphatic heterocycles. The summed E-state index contributed by atoms with van der Waals surface area (Å²) < 4.78 is 5.38. The minimum atomic E-state index is -0.105. The van der Waals surface area contributed by atoms with Crippen molar-refractivity contribution < 1.29 is 9.53 Å². The van der Waals surface area contributed by atoms with Crippen LogP contribution < -0.4 is 0 Å². The van der Waals surface area contributed by atoms with Crippen LogP contribution >= 0.6 is 11.8 Å². The monoisotopic (exact) mass is 293 g/mol. The van der Waals surface area contributed by atoms with E-state index in [9.17, 15) is 4.79 Å². The summed E-state index contributed by atoms with van der Waals surface area (Å²) in [5.74, 6) is 2.24. The van der Waals surface area contributed by atoms with Gasteiger partial charge < -0.3 is 9.64 Å². The Hall–Kier alpha value is -1.00. The Morgan fingerprint density at radius 1 is 1.45 bits per heavy atom. The van der Waals surface area contributed by atoms with Crippen LogP contribution in [0.3, 0.4) is 0 Å². The molecule has 0 saturated carbocycles. The van der Waals surface area contributed by atoms with Gasteiger partial charge in [0.15, 0.2) is 0 Å². The molecule has 2 rings (SSSR count). The van der Waals surface area contributed by atoms with Crippen molar-refractivity contribution in [1.82, 2.24) is 4.90 Å². The number of carbonyl (C=O) groups excluding carboxylic acids is 1. The van der Waals surface area contributed by atoms with Crippen LogP contribution in [0.4, 0.5) is 0 Å². The number of carbonyl (C=O) groups is 1. The van der Waals surface area contributed by atoms with E-state index in [1.165, 1.54) is 17.9 Å². The molecule has 1 aliphatic rings. The molecule has 1 aromatic rings. The molecule has 1 heterocycles. The first kappa shape index (κ1) is 15.4. The molecule has 1 saturated heterocycles. The third-order valence-electron chi connectivity index (χ3n) is 3.72. The standard InChI is InChI=1S/C16H23NO2S/c1-13(10-17(2)15-8-9-20-12-15)16(18)19-11-14-6-4-3-5-7-14/h3-7,13,15H,8-12H2,1-2H3. The minimum Gasteiger partial charge on any atom is -0.461 e. The second-order valence-corrected chi connectivity index (χ2v) is 6.60. The summed E-state index contributed by atoms with van der Waals surface area (Å²) >= 11 is 2.00. The van der Waals surface area contributed by atoms with Crippen LogP contribution in [-0.4, -0.2) is 42.0 Å². The van der Waals surface area contributed by atoms with Crippen molar-refractivity contribution in [2.75, 3.05) is 25.1 Å². The summed E-state index contributed by atoms with van der Waals surface area (Å²) in [6.45, 7) is 3.10. The first-order valence-electron chi connectivity index (χ1n) is 7.15. The van der Waals surface area contributed by atoms with Gasteiger partial charge in [-0.05, 0) is 24.8 Å². The normalized spacial score (nSPS) is 20.1. The van der Waals surface area contributed by atoms with Gasteiger partial charge in [-0.3, -0.25) is 4.79 Å². The average molecular weight is 293 g/mol. The molecule has 0 spiro atoms. The third kappa shape index (κ3) is 4.53. The smallest absolute Gasteiger partial charge is 0.310 e. The number of thioether (sulfide) groups is 1. The second kappa shape index (κ2) is 7.70. The van der Waals surface area contributed by atoms with Crippen molar-refractivity contribution in [3.63, 3.8) is 0 Å². The van der Waals surface area contributed by atoms with Gasteiger partial charge in [0.2, 0.25) is 0 Å². The lowest BCUT2D eigenvalue weighted by atomic mass is 10.1. The summed E-state index contributed by atoms with van der Waals surface area (Å²) in [6.07, 6.45) is 1.23. The van der Waals surface area contributed by atoms with Crippen molar-refractivity contribution in [3.05, 3.63) is 35.9 Å². The molecule has 0 radical (unpaired) electrons. The summed E-state index contributed by atoms with van der Waals surface area (Å²) in [4.78, 5) is 14.3. The van der Waals surface area contributed by atoms with Crippen LogP contribution in [0, 0.1) is 5.92 Å². The Balaban J connectivity index is 1.74. The van der Waals surface area contributed by atoms with E-state index in [1.54, 1.807) is 0 Å². The number of ether oxygens (including phenoxy) is 1. The zero-order valence-corrected chi connectivity index (χ0v) is 13.1. The molecule has 110 valence electrons. The topological polar surface area (TPSA) is 29.5 Å². The van der Waals surface area contributed by atoms with Gasteiger partial charge in [0.1, 0.15) is 6.61 Å². The highest BCUT2D eigenvalue weighted by Gasteiger charge is 2.24. The van der Waals surface area contributed by atoms with Crippen LogP contribution in [0.15, 0.2) is 30.3 Å². The summed E-state index contributed by atoms with van der Waals surface area (Å²) in [5, 5.41) is 0. The molecule has 20 heavy (non-hydrogen) atoms. The summed E-state index contributed by atoms with van der Waals surface area (Å²) in [5.41, 5.74) is 1.04. The average Bonchev–Trinajstić information content (AvgIpc) is 3.00. The largest absolute Gasteiger partial charge is 0.461 e. The van der Waals surface area contributed by atoms with Gasteiger partial charge >= 0.3 is 5.97 Å². The van der Waals surface area contributed by atoms with Crippen LogP contribution in [0.1, 0.15) is 18.9 Å². The maximum Gasteiger partial charge on any atom is 0.310 e. The number of rotatable bonds is 6. The zero-order valence-electron chi connectivity index (χ0n) is 12.2. The van der Waals surface area contributed by atoms with Gasteiger partial charge in [0, 0.05) is 18.3 Å². The van der Waals surface area contributed by atoms with Gasteiger partial charge in [-0.25, -0.2) is 0 Å². The fourth-order valence-corrected chi connectivity index (χ4v) is 3.69. The lowest BCUT2D eigenvalue weighted by Gasteiger charge is -2.25. The van der Waals surface area contributed by atoms with Crippen molar-refractivity contribution in [2.24, 2.45) is 5.92 Å². The Kier molecular flexibility index (Phi) is 5.92. The fourth-order valence-electron chi connectivity index (χ4n) is 2.40. The first-order chi connectivity index (χ1) is 9.66. The predicted molar refractivity (Wildman–Crippen MR) is 83.8 cm³/mol. The van der Waals surface area contributed by atoms with Crippen LogP contribution in [0.5, 0.6) is 0 Å². The number of nitrogens with zero attached hydrogens (tertiary/aromatic N) is 1. The number of benzene rings is 1. The lowest BCUT2D eigenvalue weighted by Crippen LogP contribution is -2.37. The van der Waals surface area contributed by atoms with Crippen molar-refractivity contribution >= 4 is 17.7 Å². The molecule has 1 aromatic carbocycles. The highest BCUT2D eigenvalue weighted by Crippen LogP contribution is 2.22. The molecule has 0 aliphatic carbocycles. The fraction of sp³-hybridized carbons (Fsp3) is 0.562. The van der Waals surface area contributed by atoms with Crippen LogP contribution in [-0.2, 0) is 16.1 Å². The van der Waals surface area contributed by atoms with Gasteiger partial charge in [-0.1, -0.05) is 37.3 Å². The number of esters is 1. The Morgan fingerprint density at radius 3 is 2.85 bits per heavy atom. The maximum absolute atomic E-state index is 12.0. The summed E-state index contributed by atoms with van der Waals surface area (Å²) in [7, 11) is 2.11. The van der Waals surface area contributed by atoms with Crippen LogP contribution in [0.2, 0.25) is 0 Å². The van der Waals surface area contributed by atoms with Gasteiger partial charge in [-0.2, -0.15) is 11.8 Å². The van der Waals surface area contributed by atoms with Gasteiger partial charge in [0.25, 0.3) is 0 Å². The van der Waals surface area contributed by atoms with Crippen molar-refractivity contribution in [1.29, 1.82) is 0 Å². The molecule has 2 unspecified atom stereocenters. The van der Waals surface area contributed by atoms with E-state index in [-0.39, 0.29) is 11.9 Å². The molecular weight excluding hydrogens is 270 g/mol. The SMILES string of the molecule is CC(CN(C)C1CCSC1)C(=O)OCc1ccccc1. The Morgan fingerprint density at radius 2 is 2.20 bits per heavy atom. The maximum atomic E-state index is 12.0. The van der Waals surface area contributed by atoms with Crippen molar-refractivity contribution in [3.8, 4) is 0 Å². The molecule has 0 aromatic heterocycles. The van der Waals surface area contributed by atoms with Crippen molar-refractivity contribution in [2.45, 2.75) is 26.0 Å². The molecule has 2 atom stereocenters. The Labute approximate surface area is 125 Å². The van der Waals surface area contributed by atoms with E-state index in [4.69, 9.17) is 4.74 Å². The quantitative estimate of drug-likeness (QED) is 0.754. The number of hydrogen-bond acceptors (Lipinski definition) is 4. The van der Waals surface area contributed by atoms with E-state index in [0.717, 1.165) is 12.1 Å². The molecule has 1 fully saturated rings. The zero-order chi connectivity index (χ0) is 14.4. The molecular formula is C16H23NO2S. The molecule has 4 heteroatoms. The first-order valence-corrected chi connectivity index (χ1v) is 8.31. The highest BCUT2D eigenvalue weighted by atomic mass is 32.2. The lowest BCUT2D eigenvalue weighted by molar-refractivity contribution is -0.150. The van der Waals surface area contributed by atoms with E-state index < -0.39 is 0 Å². The molecule has 0 bridgehead atoms. The van der Waals surface area contributed by atoms with E-state index >= 15 is 0 Å². The third-order valence-corrected chi connectivity index (χ3v) is 4.86. The summed E-state index contributed by atoms with van der Waals surface area (Å²) in [6, 6.07) is 10.4. The predicted octanol–water partition coefficient (Wildman–Crippen LogP) is 2.80. The minimum absolute atomic E-state index is 0.0747.